The summed E-state index contributed by atoms with van der Waals surface area (Å²) >= 11 is 5.56. The molecule has 0 spiro atoms. The van der Waals surface area contributed by atoms with Crippen LogP contribution in [-0.4, -0.2) is 23.7 Å². The Morgan fingerprint density at radius 2 is 2.50 bits per heavy atom. The van der Waals surface area contributed by atoms with E-state index in [0.29, 0.717) is 0 Å². The molecule has 0 bridgehead atoms. The largest absolute Gasteiger partial charge is 0.303 e. The molecule has 0 amide bonds. The molecule has 0 aromatic rings. The van der Waals surface area contributed by atoms with Crippen LogP contribution in [0.3, 0.4) is 0 Å². The lowest BCUT2D eigenvalue weighted by Crippen LogP contribution is -2.27. The van der Waals surface area contributed by atoms with Crippen molar-refractivity contribution < 1.29 is 0 Å². The van der Waals surface area contributed by atoms with Crippen LogP contribution in [0.4, 0.5) is 0 Å². The number of thioether (sulfide) groups is 1. The average molecular weight is 179 g/mol. The van der Waals surface area contributed by atoms with Crippen LogP contribution in [0.2, 0.25) is 0 Å². The van der Waals surface area contributed by atoms with Gasteiger partial charge in [0, 0.05) is 6.54 Å². The molecule has 3 N–H and O–H groups in total. The Hall–Kier alpha value is 0.130. The molecule has 0 atom stereocenters. The van der Waals surface area contributed by atoms with Crippen LogP contribution in [0, 0.1) is 0 Å². The van der Waals surface area contributed by atoms with Gasteiger partial charge in [-0.15, -0.1) is 0 Å². The number of hydrogen-bond donors (Lipinski definition) is 3. The van der Waals surface area contributed by atoms with Crippen LogP contribution in [0.5, 0.6) is 0 Å². The lowest BCUT2D eigenvalue weighted by atomic mass is 10.5. The normalized spacial score (nSPS) is 11.7. The molecule has 0 aromatic carbocycles. The third-order valence-electron chi connectivity index (χ3n) is 0.888. The monoisotopic (exact) mass is 179 g/mol. The molecule has 0 aromatic heterocycles. The van der Waals surface area contributed by atoms with Crippen LogP contribution < -0.4 is 11.3 Å². The van der Waals surface area contributed by atoms with Crippen LogP contribution in [0.1, 0.15) is 6.42 Å². The van der Waals surface area contributed by atoms with E-state index in [9.17, 15) is 0 Å². The van der Waals surface area contributed by atoms with Crippen molar-refractivity contribution in [3.05, 3.63) is 0 Å². The topological polar surface area (TPSA) is 50.4 Å². The highest BCUT2D eigenvalue weighted by Crippen LogP contribution is 1.94. The zero-order valence-electron chi connectivity index (χ0n) is 6.00. The Bertz CT molecular complexity index is 99.1. The van der Waals surface area contributed by atoms with Gasteiger partial charge < -0.3 is 5.43 Å². The average Bonchev–Trinajstić information content (AvgIpc) is 1.99. The molecule has 60 valence electrons. The predicted molar refractivity (Wildman–Crippen MR) is 51.6 cm³/mol. The van der Waals surface area contributed by atoms with Crippen molar-refractivity contribution >= 4 is 29.6 Å². The molecule has 0 unspecified atom stereocenters. The summed E-state index contributed by atoms with van der Waals surface area (Å²) in [5.74, 6) is 6.02. The van der Waals surface area contributed by atoms with E-state index >= 15 is 0 Å². The second-order valence-electron chi connectivity index (χ2n) is 1.61. The Morgan fingerprint density at radius 1 is 1.80 bits per heavy atom. The van der Waals surface area contributed by atoms with Crippen molar-refractivity contribution in [1.82, 2.24) is 5.43 Å². The fourth-order valence-electron chi connectivity index (χ4n) is 0.420. The summed E-state index contributed by atoms with van der Waals surface area (Å²) in [7, 11) is 0. The summed E-state index contributed by atoms with van der Waals surface area (Å²) in [5, 5.41) is 0.779. The SMILES string of the molecule is CSC(=NCCCS)NN. The van der Waals surface area contributed by atoms with Gasteiger partial charge >= 0.3 is 0 Å². The molecule has 10 heavy (non-hydrogen) atoms. The van der Waals surface area contributed by atoms with E-state index in [4.69, 9.17) is 5.84 Å². The Balaban J connectivity index is 3.43. The first-order valence-corrected chi connectivity index (χ1v) is 4.86. The van der Waals surface area contributed by atoms with Crippen LogP contribution in [0.25, 0.3) is 0 Å². The van der Waals surface area contributed by atoms with Gasteiger partial charge in [-0.3, -0.25) is 4.99 Å². The van der Waals surface area contributed by atoms with Crippen molar-refractivity contribution in [2.45, 2.75) is 6.42 Å². The summed E-state index contributed by atoms with van der Waals surface area (Å²) in [6.45, 7) is 0.796. The quantitative estimate of drug-likeness (QED) is 0.148. The first-order valence-electron chi connectivity index (χ1n) is 3.01. The lowest BCUT2D eigenvalue weighted by Gasteiger charge is -1.99. The summed E-state index contributed by atoms with van der Waals surface area (Å²) in [5.41, 5.74) is 2.50. The molecule has 0 heterocycles. The molecule has 0 aliphatic heterocycles. The second-order valence-corrected chi connectivity index (χ2v) is 2.85. The third-order valence-corrected chi connectivity index (χ3v) is 1.84. The maximum atomic E-state index is 5.14. The number of nitrogens with zero attached hydrogens (tertiary/aromatic N) is 1. The highest BCUT2D eigenvalue weighted by Gasteiger charge is 1.89. The van der Waals surface area contributed by atoms with Crippen molar-refractivity contribution in [1.29, 1.82) is 0 Å². The summed E-state index contributed by atoms with van der Waals surface area (Å²) in [4.78, 5) is 4.15. The van der Waals surface area contributed by atoms with Crippen molar-refractivity contribution in [2.75, 3.05) is 18.6 Å². The number of nitrogens with two attached hydrogens (primary N) is 1. The molecular formula is C5H13N3S2. The third kappa shape index (κ3) is 4.96. The molecule has 0 saturated carbocycles. The van der Waals surface area contributed by atoms with Gasteiger partial charge in [0.25, 0.3) is 0 Å². The maximum Gasteiger partial charge on any atom is 0.170 e. The summed E-state index contributed by atoms with van der Waals surface area (Å²) in [6.07, 6.45) is 2.92. The molecule has 0 rings (SSSR count). The van der Waals surface area contributed by atoms with E-state index in [1.807, 2.05) is 6.26 Å². The van der Waals surface area contributed by atoms with E-state index in [2.05, 4.69) is 23.0 Å². The van der Waals surface area contributed by atoms with Gasteiger partial charge in [0.05, 0.1) is 0 Å². The molecule has 0 aliphatic rings. The number of rotatable bonds is 3. The van der Waals surface area contributed by atoms with Crippen molar-refractivity contribution in [3.63, 3.8) is 0 Å². The molecule has 0 aliphatic carbocycles. The molecular weight excluding hydrogens is 166 g/mol. The number of nitrogens with one attached hydrogen (secondary N) is 1. The van der Waals surface area contributed by atoms with Gasteiger partial charge in [0.1, 0.15) is 0 Å². The number of amidine groups is 1. The van der Waals surface area contributed by atoms with Crippen LogP contribution >= 0.6 is 24.4 Å². The van der Waals surface area contributed by atoms with Crippen molar-refractivity contribution in [2.24, 2.45) is 10.8 Å². The van der Waals surface area contributed by atoms with Gasteiger partial charge in [-0.25, -0.2) is 5.84 Å². The Morgan fingerprint density at radius 3 is 2.90 bits per heavy atom. The Labute approximate surface area is 71.2 Å². The number of hydrazine groups is 1. The van der Waals surface area contributed by atoms with Gasteiger partial charge in [0.2, 0.25) is 0 Å². The standard InChI is InChI=1S/C5H13N3S2/c1-10-5(8-6)7-3-2-4-9/h9H,2-4,6H2,1H3,(H,7,8). The van der Waals surface area contributed by atoms with E-state index in [1.165, 1.54) is 11.8 Å². The van der Waals surface area contributed by atoms with E-state index in [-0.39, 0.29) is 0 Å². The minimum atomic E-state index is 0.779. The van der Waals surface area contributed by atoms with E-state index in [0.717, 1.165) is 23.9 Å². The van der Waals surface area contributed by atoms with Gasteiger partial charge in [-0.05, 0) is 18.4 Å². The van der Waals surface area contributed by atoms with E-state index in [1.54, 1.807) is 0 Å². The molecule has 0 radical (unpaired) electrons. The van der Waals surface area contributed by atoms with Crippen LogP contribution in [0.15, 0.2) is 4.99 Å². The minimum Gasteiger partial charge on any atom is -0.303 e. The Kier molecular flexibility index (Phi) is 7.33. The summed E-state index contributed by atoms with van der Waals surface area (Å²) < 4.78 is 0. The van der Waals surface area contributed by atoms with Gasteiger partial charge in [-0.1, -0.05) is 11.8 Å². The molecule has 3 nitrogen and oxygen atoms in total. The molecule has 0 saturated heterocycles. The number of hydrogen-bond acceptors (Lipinski definition) is 4. The minimum absolute atomic E-state index is 0.779. The second kappa shape index (κ2) is 7.24. The molecule has 5 heteroatoms. The first-order chi connectivity index (χ1) is 4.85. The van der Waals surface area contributed by atoms with Crippen molar-refractivity contribution in [3.8, 4) is 0 Å². The first kappa shape index (κ1) is 10.1. The highest BCUT2D eigenvalue weighted by atomic mass is 32.2. The lowest BCUT2D eigenvalue weighted by molar-refractivity contribution is 0.927. The van der Waals surface area contributed by atoms with Crippen LogP contribution in [-0.2, 0) is 0 Å². The smallest absolute Gasteiger partial charge is 0.170 e. The number of thiol groups is 1. The summed E-state index contributed by atoms with van der Waals surface area (Å²) in [6, 6.07) is 0. The molecule has 0 fully saturated rings. The fraction of sp³-hybridized carbons (Fsp3) is 0.800. The zero-order chi connectivity index (χ0) is 7.82. The number of aliphatic imine (C=N–C) groups is 1. The maximum absolute atomic E-state index is 5.14. The zero-order valence-corrected chi connectivity index (χ0v) is 7.71. The van der Waals surface area contributed by atoms with Gasteiger partial charge in [0.15, 0.2) is 5.17 Å². The fourth-order valence-corrected chi connectivity index (χ4v) is 0.900. The van der Waals surface area contributed by atoms with E-state index < -0.39 is 0 Å². The predicted octanol–water partition coefficient (Wildman–Crippen LogP) is 0.489. The highest BCUT2D eigenvalue weighted by molar-refractivity contribution is 8.13. The van der Waals surface area contributed by atoms with Gasteiger partial charge in [-0.2, -0.15) is 12.6 Å².